The number of benzene rings is 3. The molecule has 0 radical (unpaired) electrons. The van der Waals surface area contributed by atoms with Gasteiger partial charge in [-0.25, -0.2) is 12.8 Å². The zero-order chi connectivity index (χ0) is 21.0. The van der Waals surface area contributed by atoms with Gasteiger partial charge in [-0.3, -0.25) is 9.10 Å². The number of nitrogens with zero attached hydrogens (tertiary/aromatic N) is 1. The van der Waals surface area contributed by atoms with Gasteiger partial charge < -0.3 is 5.32 Å². The molecule has 0 aliphatic rings. The Morgan fingerprint density at radius 1 is 1.00 bits per heavy atom. The fraction of sp³-hybridized carbons (Fsp3) is 0.136. The largest absolute Gasteiger partial charge is 0.322 e. The number of halogens is 1. The predicted molar refractivity (Wildman–Crippen MR) is 113 cm³/mol. The number of carbonyl (C=O) groups is 1. The first-order valence-electron chi connectivity index (χ1n) is 8.92. The molecule has 0 saturated heterocycles. The lowest BCUT2D eigenvalue weighted by Gasteiger charge is -2.23. The van der Waals surface area contributed by atoms with Crippen LogP contribution in [0.25, 0.3) is 0 Å². The topological polar surface area (TPSA) is 66.5 Å². The summed E-state index contributed by atoms with van der Waals surface area (Å²) in [5.74, 6) is -0.809. The third-order valence-electron chi connectivity index (χ3n) is 4.31. The second kappa shape index (κ2) is 8.45. The third kappa shape index (κ3) is 5.42. The fourth-order valence-electron chi connectivity index (χ4n) is 2.88. The molecule has 0 aliphatic heterocycles. The minimum Gasteiger partial charge on any atom is -0.322 e. The molecule has 3 aromatic carbocycles. The van der Waals surface area contributed by atoms with Crippen molar-refractivity contribution in [2.24, 2.45) is 0 Å². The summed E-state index contributed by atoms with van der Waals surface area (Å²) in [4.78, 5) is 12.3. The lowest BCUT2D eigenvalue weighted by atomic mass is 10.1. The van der Waals surface area contributed by atoms with Crippen LogP contribution in [0, 0.1) is 12.7 Å². The van der Waals surface area contributed by atoms with E-state index in [0.29, 0.717) is 16.9 Å². The van der Waals surface area contributed by atoms with Gasteiger partial charge in [-0.15, -0.1) is 0 Å². The van der Waals surface area contributed by atoms with Crippen LogP contribution in [0.5, 0.6) is 0 Å². The van der Waals surface area contributed by atoms with Crippen LogP contribution in [-0.2, 0) is 16.6 Å². The van der Waals surface area contributed by atoms with Gasteiger partial charge in [-0.05, 0) is 60.5 Å². The summed E-state index contributed by atoms with van der Waals surface area (Å²) in [6, 6.07) is 19.5. The van der Waals surface area contributed by atoms with E-state index in [1.807, 2.05) is 25.1 Å². The Morgan fingerprint density at radius 2 is 1.69 bits per heavy atom. The second-order valence-electron chi connectivity index (χ2n) is 6.77. The quantitative estimate of drug-likeness (QED) is 0.654. The molecule has 5 nitrogen and oxygen atoms in total. The normalized spacial score (nSPS) is 11.1. The van der Waals surface area contributed by atoms with E-state index in [2.05, 4.69) is 5.32 Å². The molecule has 0 fully saturated rings. The summed E-state index contributed by atoms with van der Waals surface area (Å²) in [7, 11) is -3.49. The summed E-state index contributed by atoms with van der Waals surface area (Å²) in [6.45, 7) is 2.05. The van der Waals surface area contributed by atoms with Crippen molar-refractivity contribution in [3.63, 3.8) is 0 Å². The molecule has 3 rings (SSSR count). The van der Waals surface area contributed by atoms with Gasteiger partial charge in [0.25, 0.3) is 5.91 Å². The highest BCUT2D eigenvalue weighted by molar-refractivity contribution is 7.92. The number of anilines is 2. The number of hydrogen-bond donors (Lipinski definition) is 1. The number of carbonyl (C=O) groups excluding carboxylic acids is 1. The third-order valence-corrected chi connectivity index (χ3v) is 5.46. The Bertz CT molecular complexity index is 1130. The van der Waals surface area contributed by atoms with Gasteiger partial charge in [-0.2, -0.15) is 0 Å². The molecule has 0 aromatic heterocycles. The molecule has 1 amide bonds. The lowest BCUT2D eigenvalue weighted by Crippen LogP contribution is -2.29. The van der Waals surface area contributed by atoms with Crippen LogP contribution in [0.3, 0.4) is 0 Å². The highest BCUT2D eigenvalue weighted by atomic mass is 32.2. The fourth-order valence-corrected chi connectivity index (χ4v) is 3.76. The van der Waals surface area contributed by atoms with E-state index in [1.54, 1.807) is 36.4 Å². The van der Waals surface area contributed by atoms with E-state index >= 15 is 0 Å². The van der Waals surface area contributed by atoms with E-state index in [1.165, 1.54) is 22.5 Å². The molecule has 7 heteroatoms. The van der Waals surface area contributed by atoms with Crippen LogP contribution in [0.2, 0.25) is 0 Å². The maximum absolute atomic E-state index is 13.3. The second-order valence-corrected chi connectivity index (χ2v) is 8.68. The predicted octanol–water partition coefficient (Wildman–Crippen LogP) is 4.35. The molecule has 3 aromatic rings. The Kier molecular flexibility index (Phi) is 5.98. The Labute approximate surface area is 169 Å². The monoisotopic (exact) mass is 412 g/mol. The molecular weight excluding hydrogens is 391 g/mol. The van der Waals surface area contributed by atoms with Crippen molar-refractivity contribution in [2.45, 2.75) is 13.5 Å². The zero-order valence-corrected chi connectivity index (χ0v) is 16.9. The minimum absolute atomic E-state index is 0.147. The minimum atomic E-state index is -3.49. The number of amides is 1. The first-order valence-corrected chi connectivity index (χ1v) is 10.8. The van der Waals surface area contributed by atoms with Crippen LogP contribution < -0.4 is 9.62 Å². The van der Waals surface area contributed by atoms with E-state index in [4.69, 9.17) is 0 Å². The SMILES string of the molecule is Cc1cccc(N(Cc2ccc(C(=O)Nc3cccc(F)c3)cc2)S(C)(=O)=O)c1. The van der Waals surface area contributed by atoms with E-state index in [0.717, 1.165) is 17.4 Å². The van der Waals surface area contributed by atoms with Gasteiger partial charge >= 0.3 is 0 Å². The Hall–Kier alpha value is -3.19. The summed E-state index contributed by atoms with van der Waals surface area (Å²) >= 11 is 0. The summed E-state index contributed by atoms with van der Waals surface area (Å²) < 4.78 is 39.1. The van der Waals surface area contributed by atoms with Gasteiger partial charge in [0.2, 0.25) is 10.0 Å². The average Bonchev–Trinajstić information content (AvgIpc) is 2.65. The van der Waals surface area contributed by atoms with Gasteiger partial charge in [0, 0.05) is 11.3 Å². The zero-order valence-electron chi connectivity index (χ0n) is 16.1. The first-order chi connectivity index (χ1) is 13.7. The smallest absolute Gasteiger partial charge is 0.255 e. The molecule has 0 spiro atoms. The van der Waals surface area contributed by atoms with E-state index < -0.39 is 15.8 Å². The van der Waals surface area contributed by atoms with Gasteiger partial charge in [0.1, 0.15) is 5.82 Å². The average molecular weight is 412 g/mol. The van der Waals surface area contributed by atoms with E-state index in [9.17, 15) is 17.6 Å². The van der Waals surface area contributed by atoms with Gasteiger partial charge in [0.05, 0.1) is 18.5 Å². The number of hydrogen-bond acceptors (Lipinski definition) is 3. The molecule has 0 atom stereocenters. The number of aryl methyl sites for hydroxylation is 1. The van der Waals surface area contributed by atoms with Crippen molar-refractivity contribution in [3.05, 3.63) is 95.3 Å². The van der Waals surface area contributed by atoms with Crippen molar-refractivity contribution in [3.8, 4) is 0 Å². The standard InChI is InChI=1S/C22H21FN2O3S/c1-16-5-3-8-21(13-16)25(29(2,27)28)15-17-9-11-18(12-10-17)22(26)24-20-7-4-6-19(23)14-20/h3-14H,15H2,1-2H3,(H,24,26). The maximum atomic E-state index is 13.3. The highest BCUT2D eigenvalue weighted by Gasteiger charge is 2.18. The number of sulfonamides is 1. The Morgan fingerprint density at radius 3 is 2.31 bits per heavy atom. The molecule has 1 N–H and O–H groups in total. The molecular formula is C22H21FN2O3S. The maximum Gasteiger partial charge on any atom is 0.255 e. The molecule has 0 aliphatic carbocycles. The van der Waals surface area contributed by atoms with E-state index in [-0.39, 0.29) is 12.5 Å². The van der Waals surface area contributed by atoms with Crippen molar-refractivity contribution < 1.29 is 17.6 Å². The van der Waals surface area contributed by atoms with Crippen LogP contribution >= 0.6 is 0 Å². The van der Waals surface area contributed by atoms with Crippen LogP contribution in [-0.4, -0.2) is 20.6 Å². The number of rotatable bonds is 6. The van der Waals surface area contributed by atoms with Crippen LogP contribution in [0.4, 0.5) is 15.8 Å². The van der Waals surface area contributed by atoms with Crippen molar-refractivity contribution >= 4 is 27.3 Å². The molecule has 0 unspecified atom stereocenters. The Balaban J connectivity index is 1.77. The summed E-state index contributed by atoms with van der Waals surface area (Å²) in [5.41, 5.74) is 3.03. The highest BCUT2D eigenvalue weighted by Crippen LogP contribution is 2.22. The summed E-state index contributed by atoms with van der Waals surface area (Å²) in [5, 5.41) is 2.63. The first kappa shape index (κ1) is 20.5. The van der Waals surface area contributed by atoms with Gasteiger partial charge in [-0.1, -0.05) is 30.3 Å². The van der Waals surface area contributed by atoms with Crippen LogP contribution in [0.1, 0.15) is 21.5 Å². The molecule has 29 heavy (non-hydrogen) atoms. The van der Waals surface area contributed by atoms with Crippen LogP contribution in [0.15, 0.2) is 72.8 Å². The summed E-state index contributed by atoms with van der Waals surface area (Å²) in [6.07, 6.45) is 1.16. The molecule has 0 heterocycles. The lowest BCUT2D eigenvalue weighted by molar-refractivity contribution is 0.102. The van der Waals surface area contributed by atoms with Gasteiger partial charge in [0.15, 0.2) is 0 Å². The number of nitrogens with one attached hydrogen (secondary N) is 1. The molecule has 150 valence electrons. The van der Waals surface area contributed by atoms with Crippen molar-refractivity contribution in [1.29, 1.82) is 0 Å². The van der Waals surface area contributed by atoms with Crippen molar-refractivity contribution in [2.75, 3.05) is 15.9 Å². The van der Waals surface area contributed by atoms with Crippen molar-refractivity contribution in [1.82, 2.24) is 0 Å². The molecule has 0 bridgehead atoms. The molecule has 0 saturated carbocycles.